The maximum atomic E-state index is 13.2. The number of carbonyl (C=O) groups is 1. The second-order valence-electron chi connectivity index (χ2n) is 7.28. The molecule has 0 saturated carbocycles. The molecular formula is C22H15F6N6O+. The first-order valence-electron chi connectivity index (χ1n) is 9.90. The van der Waals surface area contributed by atoms with E-state index in [9.17, 15) is 31.1 Å². The Morgan fingerprint density at radius 2 is 1.43 bits per heavy atom. The molecule has 3 aromatic rings. The van der Waals surface area contributed by atoms with Gasteiger partial charge in [0, 0.05) is 5.22 Å². The molecule has 4 rings (SSSR count). The lowest BCUT2D eigenvalue weighted by molar-refractivity contribution is -0.546. The van der Waals surface area contributed by atoms with E-state index in [1.807, 2.05) is 0 Å². The Balaban J connectivity index is 1.62. The van der Waals surface area contributed by atoms with Crippen molar-refractivity contribution in [3.8, 4) is 11.1 Å². The molecule has 0 saturated heterocycles. The molecule has 0 aromatic heterocycles. The molecule has 0 fully saturated rings. The topological polar surface area (TPSA) is 94.8 Å². The fourth-order valence-corrected chi connectivity index (χ4v) is 3.32. The summed E-state index contributed by atoms with van der Waals surface area (Å²) in [6.45, 7) is 0. The van der Waals surface area contributed by atoms with E-state index < -0.39 is 35.2 Å². The van der Waals surface area contributed by atoms with Gasteiger partial charge >= 0.3 is 18.4 Å². The van der Waals surface area contributed by atoms with Gasteiger partial charge in [0.15, 0.2) is 0 Å². The lowest BCUT2D eigenvalue weighted by atomic mass is 10.00. The molecule has 0 aliphatic carbocycles. The summed E-state index contributed by atoms with van der Waals surface area (Å²) in [5.41, 5.74) is 0.494. The molecule has 0 bridgehead atoms. The van der Waals surface area contributed by atoms with Gasteiger partial charge in [0.2, 0.25) is 0 Å². The summed E-state index contributed by atoms with van der Waals surface area (Å²) < 4.78 is 78.2. The average Bonchev–Trinajstić information content (AvgIpc) is 3.33. The largest absolute Gasteiger partial charge is 0.418 e. The van der Waals surface area contributed by atoms with Gasteiger partial charge in [-0.2, -0.15) is 26.3 Å². The van der Waals surface area contributed by atoms with Crippen LogP contribution in [0.4, 0.5) is 42.5 Å². The van der Waals surface area contributed by atoms with Gasteiger partial charge in [0.1, 0.15) is 0 Å². The number of rotatable bonds is 4. The molecule has 0 atom stereocenters. The minimum atomic E-state index is -4.67. The van der Waals surface area contributed by atoms with Crippen LogP contribution in [0, 0.1) is 0 Å². The first-order valence-corrected chi connectivity index (χ1v) is 9.90. The molecule has 4 N–H and O–H groups in total. The highest BCUT2D eigenvalue weighted by atomic mass is 19.4. The van der Waals surface area contributed by atoms with Crippen LogP contribution in [0.5, 0.6) is 0 Å². The van der Waals surface area contributed by atoms with Gasteiger partial charge in [0.25, 0.3) is 5.84 Å². The molecule has 2 amide bonds. The highest BCUT2D eigenvalue weighted by molar-refractivity contribution is 6.06. The van der Waals surface area contributed by atoms with Crippen molar-refractivity contribution in [3.05, 3.63) is 83.4 Å². The Labute approximate surface area is 193 Å². The van der Waals surface area contributed by atoms with E-state index >= 15 is 0 Å². The number of amides is 2. The molecule has 3 aromatic carbocycles. The number of quaternary nitrogens is 1. The van der Waals surface area contributed by atoms with Gasteiger partial charge in [-0.25, -0.2) is 4.79 Å². The SMILES string of the molecule is O=C(Nc1ccc(-c2ccc(C(F)(F)F)cc2)cc1C1=NN=N[NH2+]1)Nc1ccccc1C(F)(F)F. The maximum Gasteiger partial charge on any atom is 0.418 e. The minimum Gasteiger partial charge on any atom is -0.307 e. The van der Waals surface area contributed by atoms with E-state index in [0.717, 1.165) is 24.3 Å². The van der Waals surface area contributed by atoms with Crippen LogP contribution in [0.1, 0.15) is 16.7 Å². The van der Waals surface area contributed by atoms with Crippen molar-refractivity contribution in [2.24, 2.45) is 15.5 Å². The van der Waals surface area contributed by atoms with E-state index in [2.05, 4.69) is 26.2 Å². The number of nitrogens with two attached hydrogens (primary N) is 1. The molecular weight excluding hydrogens is 478 g/mol. The number of carbonyl (C=O) groups excluding carboxylic acids is 1. The summed E-state index contributed by atoms with van der Waals surface area (Å²) >= 11 is 0. The second-order valence-corrected chi connectivity index (χ2v) is 7.28. The number of hydrogen-bond acceptors (Lipinski definition) is 4. The van der Waals surface area contributed by atoms with Crippen molar-refractivity contribution in [2.45, 2.75) is 12.4 Å². The summed E-state index contributed by atoms with van der Waals surface area (Å²) in [5.74, 6) is 0.241. The molecule has 0 spiro atoms. The van der Waals surface area contributed by atoms with Crippen molar-refractivity contribution in [1.82, 2.24) is 0 Å². The predicted molar refractivity (Wildman–Crippen MR) is 114 cm³/mol. The number of halogens is 6. The lowest BCUT2D eigenvalue weighted by Crippen LogP contribution is -2.80. The van der Waals surface area contributed by atoms with E-state index in [0.29, 0.717) is 16.7 Å². The van der Waals surface area contributed by atoms with E-state index in [4.69, 9.17) is 0 Å². The number of alkyl halides is 6. The van der Waals surface area contributed by atoms with Crippen molar-refractivity contribution < 1.29 is 36.6 Å². The molecule has 0 unspecified atom stereocenters. The quantitative estimate of drug-likeness (QED) is 0.318. The third kappa shape index (κ3) is 5.46. The zero-order valence-electron chi connectivity index (χ0n) is 17.4. The first-order chi connectivity index (χ1) is 16.5. The van der Waals surface area contributed by atoms with Gasteiger partial charge in [0.05, 0.1) is 33.3 Å². The average molecular weight is 493 g/mol. The smallest absolute Gasteiger partial charge is 0.307 e. The molecule has 7 nitrogen and oxygen atoms in total. The van der Waals surface area contributed by atoms with Crippen molar-refractivity contribution >= 4 is 23.2 Å². The van der Waals surface area contributed by atoms with Crippen LogP contribution in [0.3, 0.4) is 0 Å². The Kier molecular flexibility index (Phi) is 6.26. The Bertz CT molecular complexity index is 1320. The number of nitrogens with zero attached hydrogens (tertiary/aromatic N) is 3. The van der Waals surface area contributed by atoms with Gasteiger partial charge in [-0.05, 0) is 47.5 Å². The fourth-order valence-electron chi connectivity index (χ4n) is 3.32. The maximum absolute atomic E-state index is 13.2. The monoisotopic (exact) mass is 493 g/mol. The number of nitrogens with one attached hydrogen (secondary N) is 2. The van der Waals surface area contributed by atoms with Crippen LogP contribution >= 0.6 is 0 Å². The number of urea groups is 1. The number of benzene rings is 3. The first kappa shape index (κ1) is 23.9. The molecule has 0 radical (unpaired) electrons. The Morgan fingerprint density at radius 3 is 2.06 bits per heavy atom. The summed E-state index contributed by atoms with van der Waals surface area (Å²) in [5, 5.41) is 15.6. The molecule has 35 heavy (non-hydrogen) atoms. The molecule has 1 heterocycles. The number of hydrogen-bond donors (Lipinski definition) is 3. The van der Waals surface area contributed by atoms with Gasteiger partial charge in [-0.1, -0.05) is 35.4 Å². The van der Waals surface area contributed by atoms with Gasteiger partial charge in [-0.3, -0.25) is 0 Å². The Hall–Kier alpha value is -4.26. The molecule has 1 aliphatic rings. The zero-order chi connectivity index (χ0) is 25.2. The number of anilines is 2. The third-order valence-corrected chi connectivity index (χ3v) is 4.95. The van der Waals surface area contributed by atoms with Crippen molar-refractivity contribution in [3.63, 3.8) is 0 Å². The molecule has 180 valence electrons. The third-order valence-electron chi connectivity index (χ3n) is 4.95. The standard InChI is InChI=1S/C22H14F6N6O/c23-21(24,25)14-8-5-12(6-9-14)13-7-10-17(15(11-13)19-31-33-34-32-19)29-20(35)30-18-4-2-1-3-16(18)22(26,27)28/h1-11H,(H2,29,30,35)(H,31,32,33,34)/p+1. The normalized spacial score (nSPS) is 13.5. The van der Waals surface area contributed by atoms with E-state index in [1.54, 1.807) is 6.07 Å². The zero-order valence-corrected chi connectivity index (χ0v) is 17.4. The van der Waals surface area contributed by atoms with Gasteiger partial charge < -0.3 is 10.6 Å². The molecule has 1 aliphatic heterocycles. The summed E-state index contributed by atoms with van der Waals surface area (Å²) in [6.07, 6.45) is -9.15. The van der Waals surface area contributed by atoms with Crippen LogP contribution < -0.4 is 16.1 Å². The number of para-hydroxylation sites is 1. The van der Waals surface area contributed by atoms with Crippen LogP contribution in [0.2, 0.25) is 0 Å². The summed E-state index contributed by atoms with van der Waals surface area (Å²) in [7, 11) is 0. The van der Waals surface area contributed by atoms with Crippen molar-refractivity contribution in [1.29, 1.82) is 0 Å². The van der Waals surface area contributed by atoms with Crippen LogP contribution in [-0.2, 0) is 12.4 Å². The second kappa shape index (κ2) is 9.18. The van der Waals surface area contributed by atoms with E-state index in [-0.39, 0.29) is 11.5 Å². The minimum absolute atomic E-state index is 0.171. The van der Waals surface area contributed by atoms with Crippen LogP contribution in [-0.4, -0.2) is 11.9 Å². The highest BCUT2D eigenvalue weighted by Crippen LogP contribution is 2.35. The summed E-state index contributed by atoms with van der Waals surface area (Å²) in [4.78, 5) is 12.5. The van der Waals surface area contributed by atoms with Crippen molar-refractivity contribution in [2.75, 3.05) is 10.6 Å². The van der Waals surface area contributed by atoms with Crippen LogP contribution in [0.15, 0.2) is 82.3 Å². The highest BCUT2D eigenvalue weighted by Gasteiger charge is 2.34. The number of amidine groups is 1. The molecule has 13 heteroatoms. The van der Waals surface area contributed by atoms with Crippen LogP contribution in [0.25, 0.3) is 11.1 Å². The van der Waals surface area contributed by atoms with Gasteiger partial charge in [-0.15, -0.1) is 5.43 Å². The fraction of sp³-hybridized carbons (Fsp3) is 0.0909. The van der Waals surface area contributed by atoms with E-state index in [1.165, 1.54) is 41.8 Å². The lowest BCUT2D eigenvalue weighted by Gasteiger charge is -2.15. The Morgan fingerprint density at radius 1 is 0.771 bits per heavy atom. The predicted octanol–water partition coefficient (Wildman–Crippen LogP) is 5.64. The summed E-state index contributed by atoms with van der Waals surface area (Å²) in [6, 6.07) is 12.6.